The summed E-state index contributed by atoms with van der Waals surface area (Å²) in [7, 11) is 0. The second-order valence-electron chi connectivity index (χ2n) is 6.80. The first-order chi connectivity index (χ1) is 10.3. The minimum absolute atomic E-state index is 0.448. The molecule has 0 heterocycles. The number of hydrogen-bond acceptors (Lipinski definition) is 3. The number of amides is 1. The van der Waals surface area contributed by atoms with Crippen molar-refractivity contribution in [1.29, 1.82) is 0 Å². The Labute approximate surface area is 134 Å². The number of ether oxygens (including phenoxy) is 1. The van der Waals surface area contributed by atoms with Crippen molar-refractivity contribution >= 4 is 12.1 Å². The van der Waals surface area contributed by atoms with E-state index in [2.05, 4.69) is 12.2 Å². The molecule has 0 aromatic rings. The average Bonchev–Trinajstić information content (AvgIpc) is 2.38. The molecule has 2 N–H and O–H groups in total. The molecular formula is C17H33NO4. The van der Waals surface area contributed by atoms with Crippen LogP contribution in [-0.4, -0.2) is 28.8 Å². The molecule has 0 saturated carbocycles. The first-order valence-corrected chi connectivity index (χ1v) is 8.48. The maximum absolute atomic E-state index is 11.6. The Kier molecular flexibility index (Phi) is 10.7. The van der Waals surface area contributed by atoms with Gasteiger partial charge < -0.3 is 15.2 Å². The third kappa shape index (κ3) is 12.5. The number of alkyl carbamates (subject to hydrolysis) is 1. The van der Waals surface area contributed by atoms with Gasteiger partial charge in [0.25, 0.3) is 0 Å². The predicted octanol–water partition coefficient (Wildman–Crippen LogP) is 4.50. The number of carboxylic acid groups (broad SMARTS) is 1. The minimum atomic E-state index is -1.01. The van der Waals surface area contributed by atoms with Crippen molar-refractivity contribution in [3.8, 4) is 0 Å². The van der Waals surface area contributed by atoms with Crippen molar-refractivity contribution in [1.82, 2.24) is 5.32 Å². The van der Waals surface area contributed by atoms with Gasteiger partial charge in [-0.05, 0) is 27.2 Å². The zero-order chi connectivity index (χ0) is 17.0. The summed E-state index contributed by atoms with van der Waals surface area (Å²) in [5.74, 6) is -1.01. The summed E-state index contributed by atoms with van der Waals surface area (Å²) in [5, 5.41) is 11.6. The lowest BCUT2D eigenvalue weighted by molar-refractivity contribution is -0.139. The highest BCUT2D eigenvalue weighted by Gasteiger charge is 2.23. The maximum Gasteiger partial charge on any atom is 0.408 e. The van der Waals surface area contributed by atoms with Crippen LogP contribution >= 0.6 is 0 Å². The standard InChI is InChI=1S/C17H33NO4/c1-5-6-7-8-9-10-11-12-13-14(15(19)20)18-16(21)22-17(2,3)4/h14H,5-13H2,1-4H3,(H,18,21)(H,19,20). The quantitative estimate of drug-likeness (QED) is 0.551. The normalized spacial score (nSPS) is 12.7. The molecular weight excluding hydrogens is 282 g/mol. The van der Waals surface area contributed by atoms with E-state index in [4.69, 9.17) is 9.84 Å². The lowest BCUT2D eigenvalue weighted by Gasteiger charge is -2.22. The number of carboxylic acids is 1. The highest BCUT2D eigenvalue weighted by atomic mass is 16.6. The number of carbonyl (C=O) groups is 2. The van der Waals surface area contributed by atoms with E-state index in [-0.39, 0.29) is 0 Å². The summed E-state index contributed by atoms with van der Waals surface area (Å²) in [6.45, 7) is 7.45. The van der Waals surface area contributed by atoms with E-state index in [0.717, 1.165) is 19.3 Å². The summed E-state index contributed by atoms with van der Waals surface area (Å²) in [6, 6.07) is -0.866. The summed E-state index contributed by atoms with van der Waals surface area (Å²) < 4.78 is 5.09. The molecule has 0 radical (unpaired) electrons. The van der Waals surface area contributed by atoms with Gasteiger partial charge in [0.05, 0.1) is 0 Å². The number of unbranched alkanes of at least 4 members (excludes halogenated alkanes) is 7. The average molecular weight is 315 g/mol. The molecule has 0 saturated heterocycles. The van der Waals surface area contributed by atoms with E-state index in [1.54, 1.807) is 20.8 Å². The number of hydrogen-bond donors (Lipinski definition) is 2. The highest BCUT2D eigenvalue weighted by molar-refractivity contribution is 5.79. The number of aliphatic carboxylic acids is 1. The van der Waals surface area contributed by atoms with Gasteiger partial charge in [0, 0.05) is 0 Å². The molecule has 1 atom stereocenters. The molecule has 0 aliphatic rings. The van der Waals surface area contributed by atoms with Crippen molar-refractivity contribution in [2.75, 3.05) is 0 Å². The SMILES string of the molecule is CCCCCCCCCCC(NC(=O)OC(C)(C)C)C(=O)O. The Morgan fingerprint density at radius 2 is 1.50 bits per heavy atom. The zero-order valence-corrected chi connectivity index (χ0v) is 14.6. The monoisotopic (exact) mass is 315 g/mol. The topological polar surface area (TPSA) is 75.6 Å². The van der Waals surface area contributed by atoms with Crippen molar-refractivity contribution < 1.29 is 19.4 Å². The van der Waals surface area contributed by atoms with Crippen LogP contribution in [0.5, 0.6) is 0 Å². The van der Waals surface area contributed by atoms with E-state index in [9.17, 15) is 9.59 Å². The lowest BCUT2D eigenvalue weighted by atomic mass is 10.0. The van der Waals surface area contributed by atoms with Crippen LogP contribution in [0.1, 0.15) is 85.5 Å². The largest absolute Gasteiger partial charge is 0.480 e. The van der Waals surface area contributed by atoms with Crippen LogP contribution in [0, 0.1) is 0 Å². The minimum Gasteiger partial charge on any atom is -0.480 e. The summed E-state index contributed by atoms with van der Waals surface area (Å²) in [4.78, 5) is 22.8. The van der Waals surface area contributed by atoms with E-state index < -0.39 is 23.7 Å². The third-order valence-corrected chi connectivity index (χ3v) is 3.34. The zero-order valence-electron chi connectivity index (χ0n) is 14.6. The van der Waals surface area contributed by atoms with Crippen LogP contribution in [-0.2, 0) is 9.53 Å². The van der Waals surface area contributed by atoms with E-state index in [1.165, 1.54) is 32.1 Å². The Hall–Kier alpha value is -1.26. The lowest BCUT2D eigenvalue weighted by Crippen LogP contribution is -2.43. The smallest absolute Gasteiger partial charge is 0.408 e. The van der Waals surface area contributed by atoms with Gasteiger partial charge in [-0.2, -0.15) is 0 Å². The van der Waals surface area contributed by atoms with Gasteiger partial charge in [-0.15, -0.1) is 0 Å². The van der Waals surface area contributed by atoms with Crippen LogP contribution in [0.4, 0.5) is 4.79 Å². The molecule has 0 rings (SSSR count). The Morgan fingerprint density at radius 1 is 1.00 bits per heavy atom. The number of rotatable bonds is 11. The number of carbonyl (C=O) groups excluding carboxylic acids is 1. The molecule has 0 bridgehead atoms. The molecule has 0 fully saturated rings. The van der Waals surface area contributed by atoms with Gasteiger partial charge in [0.2, 0.25) is 0 Å². The van der Waals surface area contributed by atoms with Gasteiger partial charge in [0.15, 0.2) is 0 Å². The van der Waals surface area contributed by atoms with Gasteiger partial charge in [-0.25, -0.2) is 9.59 Å². The van der Waals surface area contributed by atoms with E-state index >= 15 is 0 Å². The van der Waals surface area contributed by atoms with E-state index in [1.807, 2.05) is 0 Å². The Balaban J connectivity index is 3.87. The van der Waals surface area contributed by atoms with Crippen LogP contribution in [0.25, 0.3) is 0 Å². The molecule has 0 aromatic carbocycles. The first-order valence-electron chi connectivity index (χ1n) is 8.48. The number of nitrogens with one attached hydrogen (secondary N) is 1. The summed E-state index contributed by atoms with van der Waals surface area (Å²) >= 11 is 0. The molecule has 1 amide bonds. The molecule has 1 unspecified atom stereocenters. The van der Waals surface area contributed by atoms with Crippen LogP contribution in [0.2, 0.25) is 0 Å². The molecule has 0 aliphatic carbocycles. The van der Waals surface area contributed by atoms with E-state index in [0.29, 0.717) is 6.42 Å². The summed E-state index contributed by atoms with van der Waals surface area (Å²) in [6.07, 6.45) is 9.01. The molecule has 0 spiro atoms. The molecule has 0 aromatic heterocycles. The van der Waals surface area contributed by atoms with Gasteiger partial charge in [0.1, 0.15) is 11.6 Å². The van der Waals surface area contributed by atoms with Gasteiger partial charge >= 0.3 is 12.1 Å². The van der Waals surface area contributed by atoms with Crippen LogP contribution in [0.3, 0.4) is 0 Å². The Morgan fingerprint density at radius 3 is 1.95 bits per heavy atom. The fourth-order valence-electron chi connectivity index (χ4n) is 2.19. The summed E-state index contributed by atoms with van der Waals surface area (Å²) in [5.41, 5.74) is -0.619. The third-order valence-electron chi connectivity index (χ3n) is 3.34. The maximum atomic E-state index is 11.6. The van der Waals surface area contributed by atoms with Crippen molar-refractivity contribution in [2.24, 2.45) is 0 Å². The first kappa shape index (κ1) is 20.7. The fourth-order valence-corrected chi connectivity index (χ4v) is 2.19. The van der Waals surface area contributed by atoms with Crippen molar-refractivity contribution in [2.45, 2.75) is 97.1 Å². The molecule has 130 valence electrons. The highest BCUT2D eigenvalue weighted by Crippen LogP contribution is 2.12. The molecule has 5 nitrogen and oxygen atoms in total. The second kappa shape index (κ2) is 11.3. The van der Waals surface area contributed by atoms with Crippen LogP contribution < -0.4 is 5.32 Å². The fraction of sp³-hybridized carbons (Fsp3) is 0.882. The molecule has 5 heteroatoms. The van der Waals surface area contributed by atoms with Crippen LogP contribution in [0.15, 0.2) is 0 Å². The Bertz CT molecular complexity index is 323. The van der Waals surface area contributed by atoms with Crippen molar-refractivity contribution in [3.05, 3.63) is 0 Å². The molecule has 22 heavy (non-hydrogen) atoms. The van der Waals surface area contributed by atoms with Gasteiger partial charge in [-0.3, -0.25) is 0 Å². The second-order valence-corrected chi connectivity index (χ2v) is 6.80. The van der Waals surface area contributed by atoms with Gasteiger partial charge in [-0.1, -0.05) is 58.3 Å². The van der Waals surface area contributed by atoms with Crippen molar-refractivity contribution in [3.63, 3.8) is 0 Å². The predicted molar refractivity (Wildman–Crippen MR) is 88.0 cm³/mol. The molecule has 0 aliphatic heterocycles.